The van der Waals surface area contributed by atoms with Crippen LogP contribution in [-0.2, 0) is 9.59 Å². The fraction of sp³-hybridized carbons (Fsp3) is 0.357. The summed E-state index contributed by atoms with van der Waals surface area (Å²) in [5.41, 5.74) is 3.90. The van der Waals surface area contributed by atoms with E-state index in [0.717, 1.165) is 59.0 Å². The highest BCUT2D eigenvalue weighted by Crippen LogP contribution is 2.36. The zero-order chi connectivity index (χ0) is 24.8. The number of hydrogen-bond donors (Lipinski definition) is 2. The van der Waals surface area contributed by atoms with Gasteiger partial charge in [0.2, 0.25) is 11.8 Å². The van der Waals surface area contributed by atoms with Gasteiger partial charge in [-0.1, -0.05) is 0 Å². The first-order valence-electron chi connectivity index (χ1n) is 12.5. The Kier molecular flexibility index (Phi) is 5.76. The fourth-order valence-corrected chi connectivity index (χ4v) is 5.86. The Balaban J connectivity index is 1.08. The molecule has 2 aromatic carbocycles. The number of imide groups is 1. The van der Waals surface area contributed by atoms with Crippen molar-refractivity contribution in [3.05, 3.63) is 65.7 Å². The molecule has 0 saturated carbocycles. The SMILES string of the molecule is COc1ccc2[nH]cc(C3CC(=O)N(CCN4CCC(c5c[nH]c6ccc(F)cc56)CC4)C3=O)c2c1. The van der Waals surface area contributed by atoms with Crippen LogP contribution in [0.5, 0.6) is 5.75 Å². The van der Waals surface area contributed by atoms with Crippen LogP contribution in [0.4, 0.5) is 4.39 Å². The Bertz CT molecular complexity index is 1450. The van der Waals surface area contributed by atoms with Gasteiger partial charge in [-0.15, -0.1) is 0 Å². The lowest BCUT2D eigenvalue weighted by atomic mass is 9.89. The summed E-state index contributed by atoms with van der Waals surface area (Å²) in [6.07, 6.45) is 5.97. The minimum absolute atomic E-state index is 0.113. The molecule has 2 fully saturated rings. The number of halogens is 1. The van der Waals surface area contributed by atoms with Crippen LogP contribution < -0.4 is 4.74 Å². The Morgan fingerprint density at radius 1 is 0.944 bits per heavy atom. The summed E-state index contributed by atoms with van der Waals surface area (Å²) in [5, 5.41) is 1.88. The summed E-state index contributed by atoms with van der Waals surface area (Å²) in [6.45, 7) is 2.84. The van der Waals surface area contributed by atoms with Gasteiger partial charge in [0, 0.05) is 53.7 Å². The second-order valence-corrected chi connectivity index (χ2v) is 9.85. The molecule has 6 rings (SSSR count). The summed E-state index contributed by atoms with van der Waals surface area (Å²) in [5.74, 6) is 0.169. The van der Waals surface area contributed by atoms with E-state index in [0.29, 0.717) is 19.0 Å². The predicted molar refractivity (Wildman–Crippen MR) is 136 cm³/mol. The van der Waals surface area contributed by atoms with Crippen molar-refractivity contribution in [1.29, 1.82) is 0 Å². The van der Waals surface area contributed by atoms with Crippen LogP contribution in [0, 0.1) is 5.82 Å². The fourth-order valence-electron chi connectivity index (χ4n) is 5.86. The van der Waals surface area contributed by atoms with E-state index >= 15 is 0 Å². The number of amides is 2. The molecule has 4 heterocycles. The average Bonchev–Trinajstić information content (AvgIpc) is 3.58. The number of nitrogens with one attached hydrogen (secondary N) is 2. The maximum absolute atomic E-state index is 13.8. The Labute approximate surface area is 208 Å². The zero-order valence-corrected chi connectivity index (χ0v) is 20.2. The topological polar surface area (TPSA) is 81.4 Å². The van der Waals surface area contributed by atoms with Gasteiger partial charge in [-0.2, -0.15) is 0 Å². The Morgan fingerprint density at radius 2 is 1.64 bits per heavy atom. The van der Waals surface area contributed by atoms with Crippen molar-refractivity contribution in [2.75, 3.05) is 33.3 Å². The van der Waals surface area contributed by atoms with E-state index in [1.54, 1.807) is 19.2 Å². The highest BCUT2D eigenvalue weighted by molar-refractivity contribution is 6.08. The van der Waals surface area contributed by atoms with Crippen LogP contribution >= 0.6 is 0 Å². The van der Waals surface area contributed by atoms with Crippen molar-refractivity contribution in [2.24, 2.45) is 0 Å². The number of aromatic nitrogens is 2. The summed E-state index contributed by atoms with van der Waals surface area (Å²) >= 11 is 0. The standard InChI is InChI=1S/C28H29FN4O3/c1-36-19-3-5-26-21(13-19)24(16-31-26)22-14-27(34)33(28(22)35)11-10-32-8-6-17(7-9-32)23-15-30-25-4-2-18(29)12-20(23)25/h2-5,12-13,15-17,22,30-31H,6-11,14H2,1H3. The molecule has 0 bridgehead atoms. The predicted octanol–water partition coefficient (Wildman–Crippen LogP) is 4.52. The van der Waals surface area contributed by atoms with Gasteiger partial charge in [0.15, 0.2) is 0 Å². The second kappa shape index (κ2) is 9.09. The summed E-state index contributed by atoms with van der Waals surface area (Å²) < 4.78 is 19.1. The zero-order valence-electron chi connectivity index (χ0n) is 20.2. The molecule has 2 N–H and O–H groups in total. The number of H-pyrrole nitrogens is 2. The van der Waals surface area contributed by atoms with Gasteiger partial charge in [0.1, 0.15) is 11.6 Å². The molecule has 4 aromatic rings. The van der Waals surface area contributed by atoms with E-state index < -0.39 is 5.92 Å². The molecular weight excluding hydrogens is 459 g/mol. The van der Waals surface area contributed by atoms with E-state index in [4.69, 9.17) is 4.74 Å². The van der Waals surface area contributed by atoms with Gasteiger partial charge in [-0.3, -0.25) is 14.5 Å². The number of hydrogen-bond acceptors (Lipinski definition) is 4. The molecule has 2 aliphatic heterocycles. The second-order valence-electron chi connectivity index (χ2n) is 9.85. The monoisotopic (exact) mass is 488 g/mol. The largest absolute Gasteiger partial charge is 0.497 e. The average molecular weight is 489 g/mol. The molecule has 0 radical (unpaired) electrons. The molecule has 2 saturated heterocycles. The number of aromatic amines is 2. The third-order valence-corrected chi connectivity index (χ3v) is 7.88. The minimum atomic E-state index is -0.466. The maximum atomic E-state index is 13.8. The third-order valence-electron chi connectivity index (χ3n) is 7.88. The van der Waals surface area contributed by atoms with Gasteiger partial charge >= 0.3 is 0 Å². The van der Waals surface area contributed by atoms with Gasteiger partial charge in [0.25, 0.3) is 0 Å². The minimum Gasteiger partial charge on any atom is -0.497 e. The molecule has 2 aromatic heterocycles. The van der Waals surface area contributed by atoms with Crippen LogP contribution in [-0.4, -0.2) is 64.9 Å². The number of nitrogens with zero attached hydrogens (tertiary/aromatic N) is 2. The lowest BCUT2D eigenvalue weighted by molar-refractivity contribution is -0.138. The van der Waals surface area contributed by atoms with Crippen molar-refractivity contribution < 1.29 is 18.7 Å². The van der Waals surface area contributed by atoms with Crippen LogP contribution in [0.2, 0.25) is 0 Å². The van der Waals surface area contributed by atoms with E-state index in [2.05, 4.69) is 14.9 Å². The number of fused-ring (bicyclic) bond motifs is 2. The van der Waals surface area contributed by atoms with Crippen molar-refractivity contribution in [3.8, 4) is 5.75 Å². The lowest BCUT2D eigenvalue weighted by Gasteiger charge is -2.32. The van der Waals surface area contributed by atoms with Gasteiger partial charge in [-0.25, -0.2) is 4.39 Å². The van der Waals surface area contributed by atoms with E-state index in [1.165, 1.54) is 16.5 Å². The molecule has 7 nitrogen and oxygen atoms in total. The van der Waals surface area contributed by atoms with Crippen molar-refractivity contribution in [1.82, 2.24) is 19.8 Å². The summed E-state index contributed by atoms with van der Waals surface area (Å²) in [6, 6.07) is 10.6. The van der Waals surface area contributed by atoms with Gasteiger partial charge in [0.05, 0.1) is 13.0 Å². The molecule has 36 heavy (non-hydrogen) atoms. The number of carbonyl (C=O) groups excluding carboxylic acids is 2. The molecule has 1 unspecified atom stereocenters. The molecule has 1 atom stereocenters. The number of methoxy groups -OCH3 is 1. The van der Waals surface area contributed by atoms with Crippen molar-refractivity contribution >= 4 is 33.6 Å². The third kappa shape index (κ3) is 3.95. The quantitative estimate of drug-likeness (QED) is 0.391. The van der Waals surface area contributed by atoms with E-state index in [1.807, 2.05) is 30.6 Å². The molecule has 0 spiro atoms. The first kappa shape index (κ1) is 22.8. The molecule has 8 heteroatoms. The van der Waals surface area contributed by atoms with Gasteiger partial charge < -0.3 is 19.6 Å². The Hall–Kier alpha value is -3.65. The first-order valence-corrected chi connectivity index (χ1v) is 12.5. The number of rotatable bonds is 6. The number of piperidine rings is 1. The molecule has 2 amide bonds. The smallest absolute Gasteiger partial charge is 0.237 e. The first-order chi connectivity index (χ1) is 17.5. The molecule has 2 aliphatic rings. The molecule has 0 aliphatic carbocycles. The number of likely N-dealkylation sites (tertiary alicyclic amines) is 2. The number of carbonyl (C=O) groups is 2. The van der Waals surface area contributed by atoms with Crippen molar-refractivity contribution in [2.45, 2.75) is 31.1 Å². The van der Waals surface area contributed by atoms with Crippen LogP contribution in [0.25, 0.3) is 21.8 Å². The van der Waals surface area contributed by atoms with Gasteiger partial charge in [-0.05, 0) is 79.4 Å². The normalized spacial score (nSPS) is 19.7. The number of benzene rings is 2. The maximum Gasteiger partial charge on any atom is 0.237 e. The summed E-state index contributed by atoms with van der Waals surface area (Å²) in [7, 11) is 1.61. The van der Waals surface area contributed by atoms with Crippen LogP contribution in [0.3, 0.4) is 0 Å². The van der Waals surface area contributed by atoms with Crippen LogP contribution in [0.1, 0.15) is 42.2 Å². The Morgan fingerprint density at radius 3 is 2.39 bits per heavy atom. The van der Waals surface area contributed by atoms with E-state index in [9.17, 15) is 14.0 Å². The summed E-state index contributed by atoms with van der Waals surface area (Å²) in [4.78, 5) is 36.3. The highest BCUT2D eigenvalue weighted by atomic mass is 19.1. The highest BCUT2D eigenvalue weighted by Gasteiger charge is 2.40. The number of ether oxygens (including phenoxy) is 1. The molecule has 186 valence electrons. The van der Waals surface area contributed by atoms with E-state index in [-0.39, 0.29) is 24.1 Å². The lowest BCUT2D eigenvalue weighted by Crippen LogP contribution is -2.41. The van der Waals surface area contributed by atoms with Crippen LogP contribution in [0.15, 0.2) is 48.8 Å². The molecular formula is C28H29FN4O3. The van der Waals surface area contributed by atoms with Crippen molar-refractivity contribution in [3.63, 3.8) is 0 Å².